The molecule has 0 aliphatic heterocycles. The average Bonchev–Trinajstić information content (AvgIpc) is 2.11. The molecule has 0 rings (SSSR count). The molecule has 0 unspecified atom stereocenters. The molecule has 0 fully saturated rings. The zero-order chi connectivity index (χ0) is 10.2. The van der Waals surface area contributed by atoms with Crippen LogP contribution in [0.25, 0.3) is 0 Å². The molecule has 0 bridgehead atoms. The van der Waals surface area contributed by atoms with E-state index in [1.165, 1.54) is 0 Å². The highest BCUT2D eigenvalue weighted by Gasteiger charge is 2.26. The summed E-state index contributed by atoms with van der Waals surface area (Å²) in [5.74, 6) is -2.86. The molecule has 0 heterocycles. The van der Waals surface area contributed by atoms with E-state index in [1.54, 1.807) is 0 Å². The molecule has 0 saturated carbocycles. The van der Waals surface area contributed by atoms with E-state index in [0.29, 0.717) is 6.61 Å². The van der Waals surface area contributed by atoms with Crippen molar-refractivity contribution in [1.29, 1.82) is 0 Å². The molecule has 0 aromatic carbocycles. The minimum Gasteiger partial charge on any atom is -0.375 e. The molecule has 2 N–H and O–H groups in total. The third-order valence-corrected chi connectivity index (χ3v) is 1.75. The van der Waals surface area contributed by atoms with Gasteiger partial charge in [-0.15, -0.1) is 0 Å². The number of rotatable bonds is 8. The Hall–Kier alpha value is -0.220. The Morgan fingerprint density at radius 2 is 1.92 bits per heavy atom. The lowest BCUT2D eigenvalue weighted by Crippen LogP contribution is -2.33. The second-order valence-electron chi connectivity index (χ2n) is 3.17. The fourth-order valence-corrected chi connectivity index (χ4v) is 0.911. The van der Waals surface area contributed by atoms with Gasteiger partial charge in [0.15, 0.2) is 0 Å². The quantitative estimate of drug-likeness (QED) is 0.602. The number of halogens is 2. The van der Waals surface area contributed by atoms with Crippen molar-refractivity contribution in [3.05, 3.63) is 0 Å². The lowest BCUT2D eigenvalue weighted by molar-refractivity contribution is -0.0698. The van der Waals surface area contributed by atoms with Gasteiger partial charge in [0.05, 0.1) is 6.54 Å². The maximum absolute atomic E-state index is 12.5. The molecule has 0 aliphatic carbocycles. The lowest BCUT2D eigenvalue weighted by atomic mass is 10.2. The van der Waals surface area contributed by atoms with Gasteiger partial charge in [-0.3, -0.25) is 0 Å². The van der Waals surface area contributed by atoms with Crippen LogP contribution in [0.2, 0.25) is 0 Å². The van der Waals surface area contributed by atoms with E-state index in [4.69, 9.17) is 10.5 Å². The van der Waals surface area contributed by atoms with E-state index < -0.39 is 19.1 Å². The Bertz CT molecular complexity index is 120. The van der Waals surface area contributed by atoms with Gasteiger partial charge in [0.1, 0.15) is 6.61 Å². The van der Waals surface area contributed by atoms with Crippen molar-refractivity contribution in [2.45, 2.75) is 38.5 Å². The van der Waals surface area contributed by atoms with Gasteiger partial charge in [0.2, 0.25) is 0 Å². The number of nitrogens with two attached hydrogens (primary N) is 1. The first-order chi connectivity index (χ1) is 6.12. The van der Waals surface area contributed by atoms with Crippen molar-refractivity contribution < 1.29 is 13.5 Å². The van der Waals surface area contributed by atoms with Gasteiger partial charge in [-0.25, -0.2) is 8.78 Å². The second-order valence-corrected chi connectivity index (χ2v) is 3.17. The van der Waals surface area contributed by atoms with Crippen LogP contribution in [-0.4, -0.2) is 25.7 Å². The molecule has 0 aromatic rings. The fourth-order valence-electron chi connectivity index (χ4n) is 0.911. The first kappa shape index (κ1) is 12.8. The van der Waals surface area contributed by atoms with E-state index in [1.807, 2.05) is 0 Å². The van der Waals surface area contributed by atoms with Crippen LogP contribution < -0.4 is 5.73 Å². The third kappa shape index (κ3) is 8.12. The molecule has 0 radical (unpaired) electrons. The second kappa shape index (κ2) is 7.21. The van der Waals surface area contributed by atoms with Gasteiger partial charge < -0.3 is 10.5 Å². The summed E-state index contributed by atoms with van der Waals surface area (Å²) in [6.07, 6.45) is 4.18. The van der Waals surface area contributed by atoms with Crippen LogP contribution in [0.4, 0.5) is 8.78 Å². The topological polar surface area (TPSA) is 35.2 Å². The van der Waals surface area contributed by atoms with Crippen LogP contribution >= 0.6 is 0 Å². The number of hydrogen-bond acceptors (Lipinski definition) is 2. The van der Waals surface area contributed by atoms with E-state index in [9.17, 15) is 8.78 Å². The Morgan fingerprint density at radius 1 is 1.23 bits per heavy atom. The summed E-state index contributed by atoms with van der Waals surface area (Å²) < 4.78 is 29.8. The van der Waals surface area contributed by atoms with E-state index in [-0.39, 0.29) is 0 Å². The summed E-state index contributed by atoms with van der Waals surface area (Å²) >= 11 is 0. The minimum absolute atomic E-state index is 0.412. The number of unbranched alkanes of at least 4 members (excludes halogenated alkanes) is 3. The van der Waals surface area contributed by atoms with Crippen molar-refractivity contribution >= 4 is 0 Å². The highest BCUT2D eigenvalue weighted by atomic mass is 19.3. The number of alkyl halides is 2. The minimum atomic E-state index is -2.86. The summed E-state index contributed by atoms with van der Waals surface area (Å²) in [5.41, 5.74) is 4.84. The lowest BCUT2D eigenvalue weighted by Gasteiger charge is -2.13. The SMILES string of the molecule is CCCCCCOCC(F)(F)CN. The summed E-state index contributed by atoms with van der Waals surface area (Å²) in [4.78, 5) is 0. The summed E-state index contributed by atoms with van der Waals surface area (Å²) in [5, 5.41) is 0. The average molecular weight is 195 g/mol. The first-order valence-corrected chi connectivity index (χ1v) is 4.78. The molecule has 4 heteroatoms. The van der Waals surface area contributed by atoms with Crippen molar-refractivity contribution in [2.24, 2.45) is 5.73 Å². The van der Waals surface area contributed by atoms with Crippen LogP contribution in [0.5, 0.6) is 0 Å². The van der Waals surface area contributed by atoms with Gasteiger partial charge >= 0.3 is 0 Å². The van der Waals surface area contributed by atoms with Crippen molar-refractivity contribution in [2.75, 3.05) is 19.8 Å². The molecule has 0 aromatic heterocycles. The van der Waals surface area contributed by atoms with Crippen LogP contribution in [-0.2, 0) is 4.74 Å². The predicted octanol–water partition coefficient (Wildman–Crippen LogP) is 2.18. The van der Waals surface area contributed by atoms with Crippen molar-refractivity contribution in [3.8, 4) is 0 Å². The Kier molecular flexibility index (Phi) is 7.09. The Balaban J connectivity index is 3.16. The Morgan fingerprint density at radius 3 is 2.46 bits per heavy atom. The van der Waals surface area contributed by atoms with Gasteiger partial charge in [-0.05, 0) is 6.42 Å². The van der Waals surface area contributed by atoms with Crippen LogP contribution in [0.15, 0.2) is 0 Å². The maximum atomic E-state index is 12.5. The standard InChI is InChI=1S/C9H19F2NO/c1-2-3-4-5-6-13-8-9(10,11)7-12/h2-8,12H2,1H3. The largest absolute Gasteiger partial charge is 0.375 e. The number of hydrogen-bond donors (Lipinski definition) is 1. The van der Waals surface area contributed by atoms with Gasteiger partial charge in [0.25, 0.3) is 5.92 Å². The van der Waals surface area contributed by atoms with E-state index >= 15 is 0 Å². The van der Waals surface area contributed by atoms with Gasteiger partial charge in [-0.2, -0.15) is 0 Å². The summed E-state index contributed by atoms with van der Waals surface area (Å²) in [6.45, 7) is 1.33. The van der Waals surface area contributed by atoms with Gasteiger partial charge in [-0.1, -0.05) is 26.2 Å². The smallest absolute Gasteiger partial charge is 0.282 e. The Labute approximate surface area is 78.4 Å². The zero-order valence-electron chi connectivity index (χ0n) is 8.19. The molecule has 2 nitrogen and oxygen atoms in total. The highest BCUT2D eigenvalue weighted by Crippen LogP contribution is 2.11. The molecular formula is C9H19F2NO. The summed E-state index contributed by atoms with van der Waals surface area (Å²) in [7, 11) is 0. The van der Waals surface area contributed by atoms with Crippen molar-refractivity contribution in [3.63, 3.8) is 0 Å². The van der Waals surface area contributed by atoms with Gasteiger partial charge in [0, 0.05) is 6.61 Å². The molecule has 0 aliphatic rings. The molecule has 0 saturated heterocycles. The van der Waals surface area contributed by atoms with E-state index in [0.717, 1.165) is 25.7 Å². The molecule has 80 valence electrons. The van der Waals surface area contributed by atoms with Crippen LogP contribution in [0.1, 0.15) is 32.6 Å². The molecule has 0 amide bonds. The monoisotopic (exact) mass is 195 g/mol. The molecule has 13 heavy (non-hydrogen) atoms. The zero-order valence-corrected chi connectivity index (χ0v) is 8.19. The predicted molar refractivity (Wildman–Crippen MR) is 49.0 cm³/mol. The molecular weight excluding hydrogens is 176 g/mol. The van der Waals surface area contributed by atoms with Crippen LogP contribution in [0.3, 0.4) is 0 Å². The van der Waals surface area contributed by atoms with Crippen LogP contribution in [0, 0.1) is 0 Å². The molecule has 0 spiro atoms. The van der Waals surface area contributed by atoms with E-state index in [2.05, 4.69) is 6.92 Å². The number of ether oxygens (including phenoxy) is 1. The third-order valence-electron chi connectivity index (χ3n) is 1.75. The maximum Gasteiger partial charge on any atom is 0.282 e. The first-order valence-electron chi connectivity index (χ1n) is 4.78. The normalized spacial score (nSPS) is 12.0. The fraction of sp³-hybridized carbons (Fsp3) is 1.00. The highest BCUT2D eigenvalue weighted by molar-refractivity contribution is 4.64. The van der Waals surface area contributed by atoms with Crippen molar-refractivity contribution in [1.82, 2.24) is 0 Å². The summed E-state index contributed by atoms with van der Waals surface area (Å²) in [6, 6.07) is 0. The molecule has 0 atom stereocenters.